The number of carbonyl (C=O) groups excluding carboxylic acids is 2. The summed E-state index contributed by atoms with van der Waals surface area (Å²) in [4.78, 5) is 25.1. The molecule has 7 heteroatoms. The van der Waals surface area contributed by atoms with E-state index in [4.69, 9.17) is 10.5 Å². The van der Waals surface area contributed by atoms with Gasteiger partial charge in [-0.15, -0.1) is 0 Å². The highest BCUT2D eigenvalue weighted by Crippen LogP contribution is 2.34. The van der Waals surface area contributed by atoms with Crippen molar-refractivity contribution in [2.24, 2.45) is 0 Å². The Hall–Kier alpha value is -4.26. The van der Waals surface area contributed by atoms with E-state index in [1.165, 1.54) is 13.2 Å². The van der Waals surface area contributed by atoms with Crippen LogP contribution in [-0.2, 0) is 4.79 Å². The van der Waals surface area contributed by atoms with E-state index in [-0.39, 0.29) is 17.4 Å². The summed E-state index contributed by atoms with van der Waals surface area (Å²) in [5.74, 6) is -0.0953. The Kier molecular flexibility index (Phi) is 4.85. The van der Waals surface area contributed by atoms with Gasteiger partial charge in [0, 0.05) is 46.0 Å². The Balaban J connectivity index is 1.58. The number of methoxy groups -OCH3 is 1. The number of ether oxygens (including phenoxy) is 1. The predicted octanol–water partition coefficient (Wildman–Crippen LogP) is 3.62. The summed E-state index contributed by atoms with van der Waals surface area (Å²) in [6.07, 6.45) is 1.56. The van der Waals surface area contributed by atoms with E-state index in [2.05, 4.69) is 10.6 Å². The van der Waals surface area contributed by atoms with Gasteiger partial charge < -0.3 is 26.2 Å². The number of benzene rings is 3. The third kappa shape index (κ3) is 3.56. The molecule has 1 heterocycles. The number of nitrogen functional groups attached to an aromatic ring is 1. The quantitative estimate of drug-likeness (QED) is 0.295. The molecule has 0 fully saturated rings. The number of rotatable bonds is 5. The van der Waals surface area contributed by atoms with Gasteiger partial charge in [-0.1, -0.05) is 12.1 Å². The summed E-state index contributed by atoms with van der Waals surface area (Å²) in [6, 6.07) is 16.6. The zero-order valence-corrected chi connectivity index (χ0v) is 16.1. The average Bonchev–Trinajstić information content (AvgIpc) is 3.06. The van der Waals surface area contributed by atoms with Crippen LogP contribution in [-0.4, -0.2) is 23.9 Å². The summed E-state index contributed by atoms with van der Waals surface area (Å²) in [7, 11) is 1.47. The second-order valence-corrected chi connectivity index (χ2v) is 6.75. The topological polar surface area (TPSA) is 114 Å². The molecular formula is C23H19N3O4. The van der Waals surface area contributed by atoms with E-state index < -0.39 is 0 Å². The fraction of sp³-hybridized carbons (Fsp3) is 0.0435. The van der Waals surface area contributed by atoms with Crippen LogP contribution >= 0.6 is 0 Å². The van der Waals surface area contributed by atoms with Gasteiger partial charge in [-0.05, 0) is 42.5 Å². The Bertz CT molecular complexity index is 1180. The van der Waals surface area contributed by atoms with Crippen molar-refractivity contribution in [2.45, 2.75) is 0 Å². The second kappa shape index (κ2) is 7.63. The Morgan fingerprint density at radius 1 is 1.07 bits per heavy atom. The number of phenolic OH excluding ortho intramolecular Hbond substituents is 1. The normalized spacial score (nSPS) is 13.6. The fourth-order valence-electron chi connectivity index (χ4n) is 3.22. The molecule has 1 aliphatic heterocycles. The van der Waals surface area contributed by atoms with Gasteiger partial charge in [-0.2, -0.15) is 0 Å². The molecule has 0 aromatic heterocycles. The lowest BCUT2D eigenvalue weighted by Crippen LogP contribution is -2.05. The Morgan fingerprint density at radius 2 is 1.80 bits per heavy atom. The molecule has 0 spiro atoms. The predicted molar refractivity (Wildman–Crippen MR) is 116 cm³/mol. The molecule has 0 atom stereocenters. The fourth-order valence-corrected chi connectivity index (χ4v) is 3.22. The molecule has 0 aliphatic carbocycles. The molecule has 1 aliphatic rings. The number of nitrogens with one attached hydrogen (secondary N) is 2. The van der Waals surface area contributed by atoms with Crippen molar-refractivity contribution in [1.82, 2.24) is 0 Å². The van der Waals surface area contributed by atoms with Crippen LogP contribution in [0, 0.1) is 0 Å². The molecule has 1 amide bonds. The number of ketones is 1. The van der Waals surface area contributed by atoms with E-state index in [0.29, 0.717) is 45.1 Å². The van der Waals surface area contributed by atoms with E-state index in [9.17, 15) is 14.7 Å². The first kappa shape index (κ1) is 19.1. The highest BCUT2D eigenvalue weighted by atomic mass is 16.5. The summed E-state index contributed by atoms with van der Waals surface area (Å²) < 4.78 is 5.02. The molecule has 150 valence electrons. The number of amides is 1. The van der Waals surface area contributed by atoms with E-state index >= 15 is 0 Å². The first-order chi connectivity index (χ1) is 14.5. The molecule has 3 aromatic carbocycles. The number of hydrogen-bond donors (Lipinski definition) is 4. The minimum atomic E-state index is -0.285. The smallest absolute Gasteiger partial charge is 0.257 e. The van der Waals surface area contributed by atoms with Crippen molar-refractivity contribution in [1.29, 1.82) is 0 Å². The number of fused-ring (bicyclic) bond motifs is 1. The number of anilines is 3. The zero-order valence-electron chi connectivity index (χ0n) is 16.1. The van der Waals surface area contributed by atoms with Gasteiger partial charge in [0.25, 0.3) is 5.91 Å². The summed E-state index contributed by atoms with van der Waals surface area (Å²) in [6.45, 7) is 0. The molecule has 4 rings (SSSR count). The van der Waals surface area contributed by atoms with Crippen LogP contribution < -0.4 is 21.1 Å². The van der Waals surface area contributed by atoms with Crippen LogP contribution in [0.1, 0.15) is 21.5 Å². The van der Waals surface area contributed by atoms with Crippen molar-refractivity contribution < 1.29 is 19.4 Å². The van der Waals surface area contributed by atoms with Gasteiger partial charge in [0.1, 0.15) is 0 Å². The maximum atomic E-state index is 12.7. The molecule has 0 radical (unpaired) electrons. The highest BCUT2D eigenvalue weighted by molar-refractivity contribution is 6.32. The molecule has 5 N–H and O–H groups in total. The molecule has 0 unspecified atom stereocenters. The maximum absolute atomic E-state index is 12.7. The molecule has 3 aromatic rings. The first-order valence-corrected chi connectivity index (χ1v) is 9.16. The zero-order chi connectivity index (χ0) is 21.3. The highest BCUT2D eigenvalue weighted by Gasteiger charge is 2.25. The number of aromatic hydroxyl groups is 1. The third-order valence-electron chi connectivity index (χ3n) is 4.80. The minimum absolute atomic E-state index is 0.0111. The van der Waals surface area contributed by atoms with Gasteiger partial charge >= 0.3 is 0 Å². The van der Waals surface area contributed by atoms with Crippen LogP contribution in [0.2, 0.25) is 0 Å². The van der Waals surface area contributed by atoms with E-state index in [1.54, 1.807) is 60.8 Å². The lowest BCUT2D eigenvalue weighted by atomic mass is 9.99. The standard InChI is InChI=1S/C23H19N3O4/c1-30-21-9-7-16(11-20(21)27)25-12-18-17-8-4-14(10-19(17)26-23(18)29)22(28)13-2-5-15(24)6-3-13/h2-12,25,27H,24H2,1H3,(H,26,29). The van der Waals surface area contributed by atoms with Crippen LogP contribution in [0.4, 0.5) is 17.1 Å². The van der Waals surface area contributed by atoms with Crippen LogP contribution in [0.3, 0.4) is 0 Å². The van der Waals surface area contributed by atoms with Crippen molar-refractivity contribution in [3.8, 4) is 11.5 Å². The SMILES string of the molecule is COc1ccc(NC=C2C(=O)Nc3cc(C(=O)c4ccc(N)cc4)ccc32)cc1O. The molecular weight excluding hydrogens is 382 g/mol. The van der Waals surface area contributed by atoms with E-state index in [0.717, 1.165) is 0 Å². The molecule has 30 heavy (non-hydrogen) atoms. The average molecular weight is 401 g/mol. The minimum Gasteiger partial charge on any atom is -0.504 e. The van der Waals surface area contributed by atoms with Crippen LogP contribution in [0.25, 0.3) is 5.57 Å². The van der Waals surface area contributed by atoms with Gasteiger partial charge in [-0.25, -0.2) is 0 Å². The van der Waals surface area contributed by atoms with Crippen molar-refractivity contribution in [3.05, 3.63) is 83.6 Å². The summed E-state index contributed by atoms with van der Waals surface area (Å²) >= 11 is 0. The number of hydrogen-bond acceptors (Lipinski definition) is 6. The van der Waals surface area contributed by atoms with Crippen LogP contribution in [0.15, 0.2) is 66.9 Å². The second-order valence-electron chi connectivity index (χ2n) is 6.75. The maximum Gasteiger partial charge on any atom is 0.257 e. The molecule has 0 saturated heterocycles. The van der Waals surface area contributed by atoms with Gasteiger partial charge in [-0.3, -0.25) is 9.59 Å². The Morgan fingerprint density at radius 3 is 2.50 bits per heavy atom. The van der Waals surface area contributed by atoms with Gasteiger partial charge in [0.15, 0.2) is 17.3 Å². The first-order valence-electron chi connectivity index (χ1n) is 9.16. The van der Waals surface area contributed by atoms with Crippen molar-refractivity contribution in [2.75, 3.05) is 23.5 Å². The monoisotopic (exact) mass is 401 g/mol. The molecule has 0 saturated carbocycles. The summed E-state index contributed by atoms with van der Waals surface area (Å²) in [5, 5.41) is 15.7. The number of phenols is 1. The lowest BCUT2D eigenvalue weighted by Gasteiger charge is -2.07. The van der Waals surface area contributed by atoms with Gasteiger partial charge in [0.05, 0.1) is 12.7 Å². The van der Waals surface area contributed by atoms with Crippen molar-refractivity contribution >= 4 is 34.3 Å². The number of carbonyl (C=O) groups is 2. The van der Waals surface area contributed by atoms with Crippen LogP contribution in [0.5, 0.6) is 11.5 Å². The van der Waals surface area contributed by atoms with Gasteiger partial charge in [0.2, 0.25) is 0 Å². The lowest BCUT2D eigenvalue weighted by molar-refractivity contribution is -0.110. The summed E-state index contributed by atoms with van der Waals surface area (Å²) in [5.41, 5.74) is 9.50. The molecule has 7 nitrogen and oxygen atoms in total. The molecule has 0 bridgehead atoms. The Labute approximate surface area is 172 Å². The van der Waals surface area contributed by atoms with E-state index in [1.807, 2.05) is 0 Å². The third-order valence-corrected chi connectivity index (χ3v) is 4.80. The number of nitrogens with two attached hydrogens (primary N) is 1. The largest absolute Gasteiger partial charge is 0.504 e. The van der Waals surface area contributed by atoms with Crippen molar-refractivity contribution in [3.63, 3.8) is 0 Å².